The first-order chi connectivity index (χ1) is 15.5. The summed E-state index contributed by atoms with van der Waals surface area (Å²) in [6, 6.07) is 16.2. The van der Waals surface area contributed by atoms with Crippen LogP contribution < -0.4 is 15.4 Å². The molecule has 32 heavy (non-hydrogen) atoms. The van der Waals surface area contributed by atoms with Crippen LogP contribution in [-0.2, 0) is 4.79 Å². The average molecular weight is 452 g/mol. The number of anilines is 2. The van der Waals surface area contributed by atoms with Gasteiger partial charge in [0.05, 0.1) is 19.2 Å². The molecule has 0 radical (unpaired) electrons. The van der Waals surface area contributed by atoms with Crippen molar-refractivity contribution in [1.29, 1.82) is 0 Å². The number of rotatable bonds is 6. The zero-order valence-corrected chi connectivity index (χ0v) is 18.1. The zero-order valence-electron chi connectivity index (χ0n) is 17.2. The SMILES string of the molecule is COc1ccc(NC(=O)C2CSCN2C(=O)c2ccc(NC(=O)c3ccco3)cc2)cc1. The fourth-order valence-corrected chi connectivity index (χ4v) is 4.38. The predicted octanol–water partition coefficient (Wildman–Crippen LogP) is 3.69. The van der Waals surface area contributed by atoms with Crippen LogP contribution in [0, 0.1) is 0 Å². The Morgan fingerprint density at radius 2 is 1.69 bits per heavy atom. The van der Waals surface area contributed by atoms with Crippen molar-refractivity contribution in [1.82, 2.24) is 4.90 Å². The number of hydrogen-bond acceptors (Lipinski definition) is 6. The molecule has 2 N–H and O–H groups in total. The molecule has 2 heterocycles. The lowest BCUT2D eigenvalue weighted by Gasteiger charge is -2.23. The predicted molar refractivity (Wildman–Crippen MR) is 122 cm³/mol. The van der Waals surface area contributed by atoms with Gasteiger partial charge >= 0.3 is 0 Å². The maximum absolute atomic E-state index is 13.0. The average Bonchev–Trinajstić information content (AvgIpc) is 3.52. The molecular weight excluding hydrogens is 430 g/mol. The molecule has 3 amide bonds. The van der Waals surface area contributed by atoms with Gasteiger partial charge in [-0.2, -0.15) is 0 Å². The van der Waals surface area contributed by atoms with Crippen LogP contribution in [0.1, 0.15) is 20.9 Å². The van der Waals surface area contributed by atoms with E-state index in [0.717, 1.165) is 0 Å². The molecule has 1 aromatic heterocycles. The molecule has 4 rings (SSSR count). The summed E-state index contributed by atoms with van der Waals surface area (Å²) in [5.41, 5.74) is 1.61. The van der Waals surface area contributed by atoms with E-state index in [1.807, 2.05) is 0 Å². The van der Waals surface area contributed by atoms with Crippen LogP contribution in [0.2, 0.25) is 0 Å². The number of amides is 3. The number of thioether (sulfide) groups is 1. The second-order valence-corrected chi connectivity index (χ2v) is 8.02. The van der Waals surface area contributed by atoms with Crippen molar-refractivity contribution < 1.29 is 23.5 Å². The Balaban J connectivity index is 1.40. The smallest absolute Gasteiger partial charge is 0.291 e. The van der Waals surface area contributed by atoms with Crippen LogP contribution in [0.4, 0.5) is 11.4 Å². The van der Waals surface area contributed by atoms with Gasteiger partial charge in [-0.3, -0.25) is 14.4 Å². The second kappa shape index (κ2) is 9.61. The van der Waals surface area contributed by atoms with Crippen molar-refractivity contribution in [3.63, 3.8) is 0 Å². The van der Waals surface area contributed by atoms with Gasteiger partial charge in [-0.15, -0.1) is 11.8 Å². The van der Waals surface area contributed by atoms with Crippen LogP contribution >= 0.6 is 11.8 Å². The Labute approximate surface area is 188 Å². The molecule has 8 nitrogen and oxygen atoms in total. The van der Waals surface area contributed by atoms with E-state index >= 15 is 0 Å². The Morgan fingerprint density at radius 3 is 2.34 bits per heavy atom. The summed E-state index contributed by atoms with van der Waals surface area (Å²) >= 11 is 1.53. The minimum absolute atomic E-state index is 0.199. The molecule has 164 valence electrons. The van der Waals surface area contributed by atoms with Gasteiger partial charge in [0.15, 0.2) is 5.76 Å². The maximum atomic E-state index is 13.0. The minimum Gasteiger partial charge on any atom is -0.497 e. The van der Waals surface area contributed by atoms with E-state index in [1.54, 1.807) is 72.7 Å². The molecule has 3 aromatic rings. The molecule has 9 heteroatoms. The third-order valence-corrected chi connectivity index (χ3v) is 5.95. The number of furan rings is 1. The molecule has 1 atom stereocenters. The van der Waals surface area contributed by atoms with Gasteiger partial charge in [0.2, 0.25) is 5.91 Å². The van der Waals surface area contributed by atoms with Gasteiger partial charge in [0.1, 0.15) is 11.8 Å². The van der Waals surface area contributed by atoms with Gasteiger partial charge in [-0.05, 0) is 60.7 Å². The summed E-state index contributed by atoms with van der Waals surface area (Å²) in [7, 11) is 1.58. The molecule has 0 aliphatic carbocycles. The molecule has 1 fully saturated rings. The van der Waals surface area contributed by atoms with E-state index in [1.165, 1.54) is 18.0 Å². The summed E-state index contributed by atoms with van der Waals surface area (Å²) in [5.74, 6) is 0.983. The third kappa shape index (κ3) is 4.78. The molecule has 1 unspecified atom stereocenters. The van der Waals surface area contributed by atoms with Crippen LogP contribution in [0.5, 0.6) is 5.75 Å². The van der Waals surface area contributed by atoms with Crippen molar-refractivity contribution in [2.24, 2.45) is 0 Å². The van der Waals surface area contributed by atoms with Crippen LogP contribution in [-0.4, -0.2) is 47.4 Å². The fourth-order valence-electron chi connectivity index (χ4n) is 3.22. The van der Waals surface area contributed by atoms with Crippen molar-refractivity contribution in [2.45, 2.75) is 6.04 Å². The first kappa shape index (κ1) is 21.5. The Kier molecular flexibility index (Phi) is 6.46. The molecule has 2 aromatic carbocycles. The molecular formula is C23H21N3O5S. The summed E-state index contributed by atoms with van der Waals surface area (Å²) < 4.78 is 10.2. The Bertz CT molecular complexity index is 1100. The van der Waals surface area contributed by atoms with Crippen molar-refractivity contribution >= 4 is 40.9 Å². The fraction of sp³-hybridized carbons (Fsp3) is 0.174. The molecule has 0 bridgehead atoms. The monoisotopic (exact) mass is 451 g/mol. The minimum atomic E-state index is -0.576. The number of carbonyl (C=O) groups is 3. The number of nitrogens with one attached hydrogen (secondary N) is 2. The lowest BCUT2D eigenvalue weighted by molar-refractivity contribution is -0.119. The summed E-state index contributed by atoms with van der Waals surface area (Å²) in [4.78, 5) is 39.5. The number of hydrogen-bond donors (Lipinski definition) is 2. The van der Waals surface area contributed by atoms with E-state index < -0.39 is 6.04 Å². The first-order valence-electron chi connectivity index (χ1n) is 9.83. The molecule has 0 spiro atoms. The Hall–Kier alpha value is -3.72. The van der Waals surface area contributed by atoms with Gasteiger partial charge in [-0.25, -0.2) is 0 Å². The maximum Gasteiger partial charge on any atom is 0.291 e. The summed E-state index contributed by atoms with van der Waals surface area (Å²) in [5, 5.41) is 5.57. The van der Waals surface area contributed by atoms with Gasteiger partial charge in [0.25, 0.3) is 11.8 Å². The van der Waals surface area contributed by atoms with Crippen molar-refractivity contribution in [2.75, 3.05) is 29.4 Å². The number of benzene rings is 2. The van der Waals surface area contributed by atoms with Crippen molar-refractivity contribution in [3.05, 3.63) is 78.3 Å². The molecule has 1 aliphatic rings. The lowest BCUT2D eigenvalue weighted by atomic mass is 10.1. The Morgan fingerprint density at radius 1 is 1.00 bits per heavy atom. The van der Waals surface area contributed by atoms with Gasteiger partial charge in [-0.1, -0.05) is 0 Å². The number of carbonyl (C=O) groups excluding carboxylic acids is 3. The van der Waals surface area contributed by atoms with E-state index in [0.29, 0.717) is 34.3 Å². The van der Waals surface area contributed by atoms with Crippen molar-refractivity contribution in [3.8, 4) is 5.75 Å². The highest BCUT2D eigenvalue weighted by Crippen LogP contribution is 2.25. The highest BCUT2D eigenvalue weighted by Gasteiger charge is 2.35. The van der Waals surface area contributed by atoms with Crippen LogP contribution in [0.3, 0.4) is 0 Å². The van der Waals surface area contributed by atoms with Gasteiger partial charge in [0, 0.05) is 22.7 Å². The quantitative estimate of drug-likeness (QED) is 0.593. The summed E-state index contributed by atoms with van der Waals surface area (Å²) in [6.45, 7) is 0. The highest BCUT2D eigenvalue weighted by molar-refractivity contribution is 7.99. The van der Waals surface area contributed by atoms with E-state index in [2.05, 4.69) is 10.6 Å². The molecule has 0 saturated carbocycles. The van der Waals surface area contributed by atoms with E-state index in [9.17, 15) is 14.4 Å². The normalized spacial score (nSPS) is 15.3. The number of ether oxygens (including phenoxy) is 1. The topological polar surface area (TPSA) is 101 Å². The van der Waals surface area contributed by atoms with Crippen LogP contribution in [0.25, 0.3) is 0 Å². The highest BCUT2D eigenvalue weighted by atomic mass is 32.2. The standard InChI is InChI=1S/C23H21N3O5S/c1-30-18-10-8-17(9-11-18)24-21(27)19-13-32-14-26(19)23(29)15-4-6-16(7-5-15)25-22(28)20-3-2-12-31-20/h2-12,19H,13-14H2,1H3,(H,24,27)(H,25,28). The number of nitrogens with zero attached hydrogens (tertiary/aromatic N) is 1. The van der Waals surface area contributed by atoms with Gasteiger partial charge < -0.3 is 24.7 Å². The third-order valence-electron chi connectivity index (χ3n) is 4.94. The summed E-state index contributed by atoms with van der Waals surface area (Å²) in [6.07, 6.45) is 1.42. The number of methoxy groups -OCH3 is 1. The molecule has 1 aliphatic heterocycles. The van der Waals surface area contributed by atoms with E-state index in [4.69, 9.17) is 9.15 Å². The molecule has 1 saturated heterocycles. The van der Waals surface area contributed by atoms with E-state index in [-0.39, 0.29) is 23.5 Å². The second-order valence-electron chi connectivity index (χ2n) is 7.02. The van der Waals surface area contributed by atoms with Crippen LogP contribution in [0.15, 0.2) is 71.3 Å². The largest absolute Gasteiger partial charge is 0.497 e. The first-order valence-corrected chi connectivity index (χ1v) is 11.0. The lowest BCUT2D eigenvalue weighted by Crippen LogP contribution is -2.44. The zero-order chi connectivity index (χ0) is 22.5.